The van der Waals surface area contributed by atoms with Crippen LogP contribution in [0.1, 0.15) is 41.7 Å². The fraction of sp³-hybridized carbons (Fsp3) is 0.353. The fourth-order valence-corrected chi connectivity index (χ4v) is 3.16. The number of anilines is 2. The van der Waals surface area contributed by atoms with E-state index >= 15 is 0 Å². The lowest BCUT2D eigenvalue weighted by Crippen LogP contribution is -2.34. The van der Waals surface area contributed by atoms with Gasteiger partial charge in [-0.2, -0.15) is 13.2 Å². The van der Waals surface area contributed by atoms with E-state index in [1.54, 1.807) is 0 Å². The van der Waals surface area contributed by atoms with Crippen LogP contribution in [0.15, 0.2) is 24.4 Å². The van der Waals surface area contributed by atoms with Gasteiger partial charge >= 0.3 is 6.18 Å². The molecule has 0 bridgehead atoms. The van der Waals surface area contributed by atoms with E-state index in [0.29, 0.717) is 10.7 Å². The number of nitrogens with zero attached hydrogens (tertiary/aromatic N) is 2. The highest BCUT2D eigenvalue weighted by Crippen LogP contribution is 2.32. The quantitative estimate of drug-likeness (QED) is 0.714. The molecule has 0 spiro atoms. The Bertz CT molecular complexity index is 855. The number of carbonyl (C=O) groups is 1. The maximum absolute atomic E-state index is 13.4. The number of aromatic nitrogens is 2. The molecule has 0 atom stereocenters. The second-order valence-corrected chi connectivity index (χ2v) is 6.98. The van der Waals surface area contributed by atoms with Gasteiger partial charge in [0, 0.05) is 17.9 Å². The van der Waals surface area contributed by atoms with Crippen LogP contribution in [0.5, 0.6) is 0 Å². The summed E-state index contributed by atoms with van der Waals surface area (Å²) >= 11 is 11.7. The van der Waals surface area contributed by atoms with Gasteiger partial charge in [-0.15, -0.1) is 0 Å². The molecule has 1 heterocycles. The number of hydrogen-bond donors (Lipinski definition) is 2. The van der Waals surface area contributed by atoms with E-state index in [2.05, 4.69) is 20.6 Å². The predicted molar refractivity (Wildman–Crippen MR) is 96.5 cm³/mol. The minimum Gasteiger partial charge on any atom is -0.349 e. The lowest BCUT2D eigenvalue weighted by atomic mass is 10.1. The topological polar surface area (TPSA) is 66.9 Å². The molecule has 27 heavy (non-hydrogen) atoms. The Morgan fingerprint density at radius 2 is 1.85 bits per heavy atom. The highest BCUT2D eigenvalue weighted by molar-refractivity contribution is 6.42. The van der Waals surface area contributed by atoms with Crippen molar-refractivity contribution < 1.29 is 18.0 Å². The van der Waals surface area contributed by atoms with Crippen LogP contribution < -0.4 is 10.6 Å². The first-order chi connectivity index (χ1) is 12.7. The average molecular weight is 419 g/mol. The third-order valence-electron chi connectivity index (χ3n) is 4.17. The number of hydrogen-bond acceptors (Lipinski definition) is 4. The summed E-state index contributed by atoms with van der Waals surface area (Å²) in [5.41, 5.74) is -1.54. The molecule has 1 aromatic carbocycles. The lowest BCUT2D eigenvalue weighted by molar-refractivity contribution is -0.141. The van der Waals surface area contributed by atoms with Gasteiger partial charge in [-0.3, -0.25) is 4.79 Å². The number of halogens is 5. The summed E-state index contributed by atoms with van der Waals surface area (Å²) in [7, 11) is 0. The largest absolute Gasteiger partial charge is 0.434 e. The molecular formula is C17H15Cl2F3N4O. The number of amides is 1. The second kappa shape index (κ2) is 7.90. The molecule has 5 nitrogen and oxygen atoms in total. The molecule has 0 saturated heterocycles. The Labute approximate surface area is 163 Å². The molecule has 10 heteroatoms. The molecule has 0 aliphatic heterocycles. The van der Waals surface area contributed by atoms with Crippen LogP contribution in [0.4, 0.5) is 24.8 Å². The normalized spacial score (nSPS) is 15.0. The third kappa shape index (κ3) is 4.81. The van der Waals surface area contributed by atoms with E-state index < -0.39 is 23.3 Å². The van der Waals surface area contributed by atoms with E-state index in [-0.39, 0.29) is 17.0 Å². The molecule has 0 radical (unpaired) electrons. The molecular weight excluding hydrogens is 404 g/mol. The van der Waals surface area contributed by atoms with Gasteiger partial charge in [-0.25, -0.2) is 9.97 Å². The number of nitrogens with one attached hydrogen (secondary N) is 2. The molecule has 0 unspecified atom stereocenters. The van der Waals surface area contributed by atoms with E-state index in [1.807, 2.05) is 0 Å². The van der Waals surface area contributed by atoms with Crippen LogP contribution in [-0.4, -0.2) is 21.9 Å². The first kappa shape index (κ1) is 19.7. The Balaban J connectivity index is 1.87. The smallest absolute Gasteiger partial charge is 0.349 e. The number of benzene rings is 1. The summed E-state index contributed by atoms with van der Waals surface area (Å²) in [4.78, 5) is 19.6. The van der Waals surface area contributed by atoms with Crippen LogP contribution in [-0.2, 0) is 6.18 Å². The molecule has 1 aliphatic carbocycles. The van der Waals surface area contributed by atoms with Gasteiger partial charge in [0.1, 0.15) is 0 Å². The van der Waals surface area contributed by atoms with Crippen molar-refractivity contribution in [2.75, 3.05) is 5.32 Å². The van der Waals surface area contributed by atoms with E-state index in [1.165, 1.54) is 18.2 Å². The average Bonchev–Trinajstić information content (AvgIpc) is 3.10. The van der Waals surface area contributed by atoms with Crippen molar-refractivity contribution in [1.82, 2.24) is 15.3 Å². The molecule has 2 aromatic rings. The van der Waals surface area contributed by atoms with Gasteiger partial charge < -0.3 is 10.6 Å². The molecule has 3 rings (SSSR count). The predicted octanol–water partition coefficient (Wildman–Crippen LogP) is 5.22. The first-order valence-corrected chi connectivity index (χ1v) is 8.97. The maximum Gasteiger partial charge on any atom is 0.434 e. The van der Waals surface area contributed by atoms with Gasteiger partial charge in [-0.1, -0.05) is 36.0 Å². The molecule has 2 N–H and O–H groups in total. The van der Waals surface area contributed by atoms with Gasteiger partial charge in [0.15, 0.2) is 5.69 Å². The number of rotatable bonds is 4. The summed E-state index contributed by atoms with van der Waals surface area (Å²) < 4.78 is 40.3. The lowest BCUT2D eigenvalue weighted by Gasteiger charge is -2.16. The van der Waals surface area contributed by atoms with Crippen molar-refractivity contribution in [1.29, 1.82) is 0 Å². The van der Waals surface area contributed by atoms with Crippen LogP contribution >= 0.6 is 23.2 Å². The summed E-state index contributed by atoms with van der Waals surface area (Å²) in [6.07, 6.45) is -0.532. The Kier molecular flexibility index (Phi) is 5.76. The van der Waals surface area contributed by atoms with Gasteiger partial charge in [0.05, 0.1) is 15.6 Å². The third-order valence-corrected chi connectivity index (χ3v) is 4.91. The van der Waals surface area contributed by atoms with Crippen LogP contribution in [0, 0.1) is 0 Å². The van der Waals surface area contributed by atoms with Crippen LogP contribution in [0.3, 0.4) is 0 Å². The molecule has 1 amide bonds. The number of alkyl halides is 3. The van der Waals surface area contributed by atoms with Crippen molar-refractivity contribution in [3.63, 3.8) is 0 Å². The number of carbonyl (C=O) groups excluding carboxylic acids is 1. The summed E-state index contributed by atoms with van der Waals surface area (Å²) in [6.45, 7) is 0. The monoisotopic (exact) mass is 418 g/mol. The van der Waals surface area contributed by atoms with E-state index in [0.717, 1.165) is 31.9 Å². The molecule has 1 saturated carbocycles. The zero-order valence-corrected chi connectivity index (χ0v) is 15.4. The van der Waals surface area contributed by atoms with Crippen LogP contribution in [0.25, 0.3) is 0 Å². The minimum absolute atomic E-state index is 0.118. The van der Waals surface area contributed by atoms with Crippen molar-refractivity contribution in [3.05, 3.63) is 45.7 Å². The van der Waals surface area contributed by atoms with E-state index in [9.17, 15) is 18.0 Å². The van der Waals surface area contributed by atoms with Crippen molar-refractivity contribution >= 4 is 40.7 Å². The van der Waals surface area contributed by atoms with Crippen molar-refractivity contribution in [2.45, 2.75) is 37.9 Å². The van der Waals surface area contributed by atoms with Gasteiger partial charge in [0.2, 0.25) is 5.95 Å². The molecule has 1 fully saturated rings. The first-order valence-electron chi connectivity index (χ1n) is 8.21. The van der Waals surface area contributed by atoms with E-state index in [4.69, 9.17) is 23.2 Å². The maximum atomic E-state index is 13.4. The zero-order chi connectivity index (χ0) is 19.6. The second-order valence-electron chi connectivity index (χ2n) is 6.16. The fourth-order valence-electron chi connectivity index (χ4n) is 2.86. The summed E-state index contributed by atoms with van der Waals surface area (Å²) in [6, 6.07) is 4.32. The summed E-state index contributed by atoms with van der Waals surface area (Å²) in [5, 5.41) is 5.78. The highest BCUT2D eigenvalue weighted by Gasteiger charge is 2.38. The zero-order valence-electron chi connectivity index (χ0n) is 13.9. The Morgan fingerprint density at radius 1 is 1.15 bits per heavy atom. The SMILES string of the molecule is O=C(NC1CCCC1)c1cnc(Nc2ccc(Cl)c(Cl)c2)nc1C(F)(F)F. The van der Waals surface area contributed by atoms with Crippen LogP contribution in [0.2, 0.25) is 10.0 Å². The van der Waals surface area contributed by atoms with Gasteiger partial charge in [-0.05, 0) is 31.0 Å². The Hall–Kier alpha value is -2.06. The molecule has 1 aliphatic rings. The van der Waals surface area contributed by atoms with Crippen molar-refractivity contribution in [2.24, 2.45) is 0 Å². The standard InChI is InChI=1S/C17H15Cl2F3N4O/c18-12-6-5-10(7-13(12)19)25-16-23-8-11(14(26-16)17(20,21)22)15(27)24-9-3-1-2-4-9/h5-9H,1-4H2,(H,24,27)(H,23,25,26). The Morgan fingerprint density at radius 3 is 2.48 bits per heavy atom. The van der Waals surface area contributed by atoms with Crippen molar-refractivity contribution in [3.8, 4) is 0 Å². The highest BCUT2D eigenvalue weighted by atomic mass is 35.5. The minimum atomic E-state index is -4.81. The molecule has 144 valence electrons. The summed E-state index contributed by atoms with van der Waals surface area (Å²) in [5.74, 6) is -1.13. The molecule has 1 aromatic heterocycles. The van der Waals surface area contributed by atoms with Gasteiger partial charge in [0.25, 0.3) is 5.91 Å².